The first-order chi connectivity index (χ1) is 15.9. The molecule has 3 rings (SSSR count). The Balaban J connectivity index is 1.60. The Morgan fingerprint density at radius 3 is 2.70 bits per heavy atom. The number of amides is 2. The normalized spacial score (nSPS) is 16.2. The van der Waals surface area contributed by atoms with Crippen molar-refractivity contribution in [3.05, 3.63) is 35.9 Å². The van der Waals surface area contributed by atoms with Crippen LogP contribution in [0.4, 0.5) is 10.7 Å². The largest absolute Gasteiger partial charge is 0.481 e. The molecule has 1 saturated heterocycles. The first-order valence-electron chi connectivity index (χ1n) is 10.3. The summed E-state index contributed by atoms with van der Waals surface area (Å²) in [5, 5.41) is 25.9. The van der Waals surface area contributed by atoms with Crippen LogP contribution in [0, 0.1) is 0 Å². The first-order valence-corrected chi connectivity index (χ1v) is 10.3. The molecule has 0 bridgehead atoms. The van der Waals surface area contributed by atoms with Gasteiger partial charge in [0.15, 0.2) is 5.78 Å². The Morgan fingerprint density at radius 2 is 2.00 bits per heavy atom. The fourth-order valence-electron chi connectivity index (χ4n) is 3.44. The Labute approximate surface area is 189 Å². The van der Waals surface area contributed by atoms with Crippen molar-refractivity contribution in [2.24, 2.45) is 0 Å². The molecule has 33 heavy (non-hydrogen) atoms. The molecule has 2 amide bonds. The second-order valence-electron chi connectivity index (χ2n) is 7.41. The summed E-state index contributed by atoms with van der Waals surface area (Å²) in [4.78, 5) is 50.7. The number of nitrogens with one attached hydrogen (secondary N) is 2. The Kier molecular flexibility index (Phi) is 7.89. The van der Waals surface area contributed by atoms with Crippen LogP contribution >= 0.6 is 0 Å². The molecule has 0 spiro atoms. The van der Waals surface area contributed by atoms with Gasteiger partial charge < -0.3 is 25.4 Å². The number of hydrogen-bond acceptors (Lipinski definition) is 9. The van der Waals surface area contributed by atoms with E-state index in [-0.39, 0.29) is 18.5 Å². The average Bonchev–Trinajstić information content (AvgIpc) is 3.46. The Morgan fingerprint density at radius 1 is 1.24 bits per heavy atom. The average molecular weight is 459 g/mol. The van der Waals surface area contributed by atoms with Gasteiger partial charge in [0.1, 0.15) is 25.2 Å². The zero-order chi connectivity index (χ0) is 23.8. The van der Waals surface area contributed by atoms with Gasteiger partial charge in [0.05, 0.1) is 6.42 Å². The van der Waals surface area contributed by atoms with Gasteiger partial charge in [0.25, 0.3) is 5.95 Å². The first kappa shape index (κ1) is 23.6. The molecule has 2 atom stereocenters. The van der Waals surface area contributed by atoms with Gasteiger partial charge in [-0.3, -0.25) is 14.4 Å². The van der Waals surface area contributed by atoms with Crippen LogP contribution in [-0.2, 0) is 32.3 Å². The van der Waals surface area contributed by atoms with Crippen molar-refractivity contribution in [2.45, 2.75) is 44.5 Å². The highest BCUT2D eigenvalue weighted by molar-refractivity contribution is 5.90. The summed E-state index contributed by atoms with van der Waals surface area (Å²) in [6.07, 6.45) is -0.133. The van der Waals surface area contributed by atoms with E-state index in [9.17, 15) is 19.2 Å². The van der Waals surface area contributed by atoms with Gasteiger partial charge in [0.2, 0.25) is 5.91 Å². The molecule has 176 valence electrons. The number of ketones is 1. The van der Waals surface area contributed by atoms with Crippen LogP contribution < -0.4 is 15.5 Å². The maximum atomic E-state index is 12.7. The molecular weight excluding hydrogens is 434 g/mol. The third kappa shape index (κ3) is 6.48. The summed E-state index contributed by atoms with van der Waals surface area (Å²) in [7, 11) is 1.54. The van der Waals surface area contributed by atoms with Crippen LogP contribution in [0.15, 0.2) is 30.3 Å². The summed E-state index contributed by atoms with van der Waals surface area (Å²) in [5.41, 5.74) is 0.741. The number of aliphatic carboxylic acids is 1. The van der Waals surface area contributed by atoms with Crippen LogP contribution in [-0.4, -0.2) is 74.7 Å². The van der Waals surface area contributed by atoms with E-state index in [0.29, 0.717) is 13.0 Å². The lowest BCUT2D eigenvalue weighted by atomic mass is 10.1. The number of ether oxygens (including phenoxy) is 1. The molecule has 13 nitrogen and oxygen atoms in total. The second kappa shape index (κ2) is 11.0. The Bertz CT molecular complexity index is 996. The summed E-state index contributed by atoms with van der Waals surface area (Å²) < 4.78 is 5.07. The number of tetrazole rings is 1. The van der Waals surface area contributed by atoms with Crippen molar-refractivity contribution in [3.63, 3.8) is 0 Å². The number of aromatic nitrogens is 4. The number of hydrogen-bond donors (Lipinski definition) is 3. The number of anilines is 1. The van der Waals surface area contributed by atoms with Crippen molar-refractivity contribution in [3.8, 4) is 0 Å². The molecule has 1 aromatic carbocycles. The molecule has 13 heteroatoms. The van der Waals surface area contributed by atoms with Crippen molar-refractivity contribution in [1.82, 2.24) is 30.8 Å². The lowest BCUT2D eigenvalue weighted by molar-refractivity contribution is -0.139. The van der Waals surface area contributed by atoms with Crippen molar-refractivity contribution in [2.75, 3.05) is 18.5 Å². The number of carbonyl (C=O) groups excluding carboxylic acids is 3. The van der Waals surface area contributed by atoms with Gasteiger partial charge in [-0.1, -0.05) is 35.4 Å². The minimum atomic E-state index is -1.34. The molecular formula is C20H25N7O6. The molecule has 1 unspecified atom stereocenters. The molecule has 2 aromatic rings. The fraction of sp³-hybridized carbons (Fsp3) is 0.450. The summed E-state index contributed by atoms with van der Waals surface area (Å²) in [5.74, 6) is -1.88. The topological polar surface area (TPSA) is 169 Å². The maximum Gasteiger partial charge on any atom is 0.408 e. The maximum absolute atomic E-state index is 12.7. The molecule has 1 aliphatic rings. The summed E-state index contributed by atoms with van der Waals surface area (Å²) in [6, 6.07) is 7.14. The lowest BCUT2D eigenvalue weighted by Gasteiger charge is -2.20. The van der Waals surface area contributed by atoms with Gasteiger partial charge >= 0.3 is 12.1 Å². The highest BCUT2D eigenvalue weighted by atomic mass is 16.5. The zero-order valence-corrected chi connectivity index (χ0v) is 18.0. The standard InChI is InChI=1S/C20H25N7O6/c1-21-18(31)15-8-5-9-26(15)19-23-25-27(24-19)11-16(28)14(10-17(29)30)22-20(32)33-12-13-6-3-2-4-7-13/h2-4,6-7,14-15H,5,8-12H2,1H3,(H,21,31)(H,22,32)(H,29,30)/t14?,15-/m1/s1. The van der Waals surface area contributed by atoms with Crippen LogP contribution in [0.25, 0.3) is 0 Å². The van der Waals surface area contributed by atoms with Gasteiger partial charge in [-0.15, -0.1) is 5.10 Å². The van der Waals surface area contributed by atoms with E-state index in [1.54, 1.807) is 36.2 Å². The third-order valence-corrected chi connectivity index (χ3v) is 5.07. The quantitative estimate of drug-likeness (QED) is 0.430. The lowest BCUT2D eigenvalue weighted by Crippen LogP contribution is -2.44. The predicted molar refractivity (Wildman–Crippen MR) is 113 cm³/mol. The number of rotatable bonds is 10. The second-order valence-corrected chi connectivity index (χ2v) is 7.41. The van der Waals surface area contributed by atoms with E-state index >= 15 is 0 Å². The number of nitrogens with zero attached hydrogens (tertiary/aromatic N) is 5. The molecule has 0 radical (unpaired) electrons. The minimum absolute atomic E-state index is 0.0308. The third-order valence-electron chi connectivity index (χ3n) is 5.07. The van der Waals surface area contributed by atoms with E-state index in [0.717, 1.165) is 16.8 Å². The SMILES string of the molecule is CNC(=O)[C@H]1CCCN1c1nnn(CC(=O)C(CC(=O)O)NC(=O)OCc2ccccc2)n1. The Hall–Kier alpha value is -4.03. The van der Waals surface area contributed by atoms with E-state index in [1.807, 2.05) is 6.07 Å². The highest BCUT2D eigenvalue weighted by Gasteiger charge is 2.33. The molecule has 3 N–H and O–H groups in total. The van der Waals surface area contributed by atoms with E-state index in [2.05, 4.69) is 26.0 Å². The highest BCUT2D eigenvalue weighted by Crippen LogP contribution is 2.21. The van der Waals surface area contributed by atoms with Crippen LogP contribution in [0.5, 0.6) is 0 Å². The van der Waals surface area contributed by atoms with E-state index < -0.39 is 42.9 Å². The number of carbonyl (C=O) groups is 4. The molecule has 0 aliphatic carbocycles. The predicted octanol–water partition coefficient (Wildman–Crippen LogP) is -0.273. The number of alkyl carbamates (subject to hydrolysis) is 1. The van der Waals surface area contributed by atoms with Crippen LogP contribution in [0.2, 0.25) is 0 Å². The van der Waals surface area contributed by atoms with Crippen LogP contribution in [0.1, 0.15) is 24.8 Å². The molecule has 1 aromatic heterocycles. The van der Waals surface area contributed by atoms with Crippen LogP contribution in [0.3, 0.4) is 0 Å². The number of likely N-dealkylation sites (N-methyl/N-ethyl adjacent to an activating group) is 1. The smallest absolute Gasteiger partial charge is 0.408 e. The molecule has 1 fully saturated rings. The monoisotopic (exact) mass is 459 g/mol. The van der Waals surface area contributed by atoms with Gasteiger partial charge in [-0.25, -0.2) is 4.79 Å². The van der Waals surface area contributed by atoms with Gasteiger partial charge in [-0.05, 0) is 23.6 Å². The van der Waals surface area contributed by atoms with Crippen molar-refractivity contribution >= 4 is 29.7 Å². The number of Topliss-reactive ketones (excluding diaryl/α,β-unsaturated/α-hetero) is 1. The molecule has 2 heterocycles. The van der Waals surface area contributed by atoms with E-state index in [4.69, 9.17) is 9.84 Å². The number of carboxylic acid groups (broad SMARTS) is 1. The van der Waals surface area contributed by atoms with Crippen molar-refractivity contribution < 1.29 is 29.0 Å². The molecule has 0 saturated carbocycles. The fourth-order valence-corrected chi connectivity index (χ4v) is 3.44. The summed E-state index contributed by atoms with van der Waals surface area (Å²) in [6.45, 7) is 0.119. The van der Waals surface area contributed by atoms with E-state index in [1.165, 1.54) is 0 Å². The molecule has 1 aliphatic heterocycles. The zero-order valence-electron chi connectivity index (χ0n) is 18.0. The van der Waals surface area contributed by atoms with Crippen molar-refractivity contribution in [1.29, 1.82) is 0 Å². The summed E-state index contributed by atoms with van der Waals surface area (Å²) >= 11 is 0. The number of carboxylic acids is 1. The number of benzene rings is 1. The minimum Gasteiger partial charge on any atom is -0.481 e. The van der Waals surface area contributed by atoms with Gasteiger partial charge in [-0.2, -0.15) is 4.80 Å². The van der Waals surface area contributed by atoms with Gasteiger partial charge in [0, 0.05) is 13.6 Å².